The van der Waals surface area contributed by atoms with Gasteiger partial charge in [-0.2, -0.15) is 0 Å². The molecule has 3 heteroatoms. The summed E-state index contributed by atoms with van der Waals surface area (Å²) in [4.78, 5) is 0. The maximum absolute atomic E-state index is 5.51. The first kappa shape index (κ1) is 13.5. The molecule has 0 unspecified atom stereocenters. The molecule has 0 aliphatic heterocycles. The third-order valence-corrected chi connectivity index (χ3v) is 2.71. The van der Waals surface area contributed by atoms with Crippen molar-refractivity contribution in [3.63, 3.8) is 0 Å². The largest absolute Gasteiger partial charge is 0.382 e. The molecule has 0 heterocycles. The zero-order valence-electron chi connectivity index (χ0n) is 10.2. The van der Waals surface area contributed by atoms with Crippen LogP contribution in [0, 0.1) is 12.8 Å². The molecule has 90 valence electrons. The van der Waals surface area contributed by atoms with Crippen molar-refractivity contribution < 1.29 is 4.74 Å². The number of halogens is 1. The van der Waals surface area contributed by atoms with E-state index in [1.54, 1.807) is 0 Å². The van der Waals surface area contributed by atoms with Crippen LogP contribution in [0.15, 0.2) is 22.7 Å². The molecule has 0 fully saturated rings. The van der Waals surface area contributed by atoms with Gasteiger partial charge in [0.1, 0.15) is 0 Å². The van der Waals surface area contributed by atoms with Crippen LogP contribution in [0.4, 0.5) is 5.69 Å². The van der Waals surface area contributed by atoms with Crippen LogP contribution >= 0.6 is 15.9 Å². The maximum Gasteiger partial charge on any atom is 0.0639 e. The Morgan fingerprint density at radius 3 is 2.81 bits per heavy atom. The summed E-state index contributed by atoms with van der Waals surface area (Å²) >= 11 is 3.47. The Labute approximate surface area is 107 Å². The molecule has 0 radical (unpaired) electrons. The van der Waals surface area contributed by atoms with Gasteiger partial charge in [0.05, 0.1) is 6.61 Å². The maximum atomic E-state index is 5.51. The number of benzene rings is 1. The van der Waals surface area contributed by atoms with Crippen LogP contribution in [0.25, 0.3) is 0 Å². The first-order valence-electron chi connectivity index (χ1n) is 5.67. The van der Waals surface area contributed by atoms with Crippen molar-refractivity contribution in [1.29, 1.82) is 0 Å². The summed E-state index contributed by atoms with van der Waals surface area (Å²) in [5, 5.41) is 3.37. The minimum absolute atomic E-state index is 0.604. The molecule has 0 atom stereocenters. The van der Waals surface area contributed by atoms with Crippen LogP contribution in [0.3, 0.4) is 0 Å². The molecule has 1 aromatic carbocycles. The van der Waals surface area contributed by atoms with E-state index in [0.29, 0.717) is 5.92 Å². The molecule has 1 N–H and O–H groups in total. The first-order chi connectivity index (χ1) is 7.59. The van der Waals surface area contributed by atoms with Gasteiger partial charge < -0.3 is 10.1 Å². The Bertz CT molecular complexity index is 326. The van der Waals surface area contributed by atoms with Gasteiger partial charge in [0.15, 0.2) is 0 Å². The van der Waals surface area contributed by atoms with E-state index in [0.717, 1.165) is 24.2 Å². The Balaban J connectivity index is 2.29. The number of nitrogens with one attached hydrogen (secondary N) is 1. The van der Waals surface area contributed by atoms with Crippen molar-refractivity contribution in [2.24, 2.45) is 5.92 Å². The quantitative estimate of drug-likeness (QED) is 0.802. The van der Waals surface area contributed by atoms with Gasteiger partial charge in [0.2, 0.25) is 0 Å². The number of ether oxygens (including phenoxy) is 1. The Morgan fingerprint density at radius 2 is 2.12 bits per heavy atom. The fraction of sp³-hybridized carbons (Fsp3) is 0.538. The fourth-order valence-electron chi connectivity index (χ4n) is 1.36. The lowest BCUT2D eigenvalue weighted by Gasteiger charge is -2.11. The molecule has 1 rings (SSSR count). The first-order valence-corrected chi connectivity index (χ1v) is 6.46. The predicted octanol–water partition coefficient (Wildman–Crippen LogP) is 3.84. The van der Waals surface area contributed by atoms with E-state index in [1.165, 1.54) is 11.3 Å². The van der Waals surface area contributed by atoms with Gasteiger partial charge in [-0.3, -0.25) is 0 Å². The Hall–Kier alpha value is -0.540. The standard InChI is InChI=1S/C13H20BrNO/c1-10(2)9-16-7-6-15-13-8-12(14)5-4-11(13)3/h4-5,8,10,15H,6-7,9H2,1-3H3. The third-order valence-electron chi connectivity index (χ3n) is 2.21. The lowest BCUT2D eigenvalue weighted by molar-refractivity contribution is 0.118. The van der Waals surface area contributed by atoms with Crippen molar-refractivity contribution >= 4 is 21.6 Å². The summed E-state index contributed by atoms with van der Waals surface area (Å²) in [6, 6.07) is 6.24. The van der Waals surface area contributed by atoms with Gasteiger partial charge in [-0.05, 0) is 30.5 Å². The van der Waals surface area contributed by atoms with E-state index >= 15 is 0 Å². The van der Waals surface area contributed by atoms with Crippen molar-refractivity contribution in [1.82, 2.24) is 0 Å². The lowest BCUT2D eigenvalue weighted by atomic mass is 10.2. The highest BCUT2D eigenvalue weighted by Gasteiger charge is 1.98. The van der Waals surface area contributed by atoms with Gasteiger partial charge in [-0.25, -0.2) is 0 Å². The molecule has 0 spiro atoms. The van der Waals surface area contributed by atoms with E-state index in [2.05, 4.69) is 60.2 Å². The molecule has 0 aromatic heterocycles. The summed E-state index contributed by atoms with van der Waals surface area (Å²) in [5.74, 6) is 0.604. The average molecular weight is 286 g/mol. The van der Waals surface area contributed by atoms with E-state index in [1.807, 2.05) is 0 Å². The summed E-state index contributed by atoms with van der Waals surface area (Å²) in [6.45, 7) is 8.86. The van der Waals surface area contributed by atoms with Crippen LogP contribution in [0.1, 0.15) is 19.4 Å². The highest BCUT2D eigenvalue weighted by atomic mass is 79.9. The van der Waals surface area contributed by atoms with E-state index in [9.17, 15) is 0 Å². The Morgan fingerprint density at radius 1 is 1.38 bits per heavy atom. The minimum Gasteiger partial charge on any atom is -0.382 e. The zero-order chi connectivity index (χ0) is 12.0. The van der Waals surface area contributed by atoms with E-state index in [4.69, 9.17) is 4.74 Å². The highest BCUT2D eigenvalue weighted by molar-refractivity contribution is 9.10. The normalized spacial score (nSPS) is 10.8. The SMILES string of the molecule is Cc1ccc(Br)cc1NCCOCC(C)C. The van der Waals surface area contributed by atoms with E-state index in [-0.39, 0.29) is 0 Å². The highest BCUT2D eigenvalue weighted by Crippen LogP contribution is 2.20. The molecule has 0 aliphatic carbocycles. The number of rotatable bonds is 6. The number of anilines is 1. The molecular formula is C13H20BrNO. The fourth-order valence-corrected chi connectivity index (χ4v) is 1.72. The number of hydrogen-bond acceptors (Lipinski definition) is 2. The van der Waals surface area contributed by atoms with Crippen LogP contribution in [-0.4, -0.2) is 19.8 Å². The monoisotopic (exact) mass is 285 g/mol. The molecule has 0 amide bonds. The van der Waals surface area contributed by atoms with Crippen molar-refractivity contribution in [2.75, 3.05) is 25.1 Å². The lowest BCUT2D eigenvalue weighted by Crippen LogP contribution is -2.12. The molecular weight excluding hydrogens is 266 g/mol. The topological polar surface area (TPSA) is 21.3 Å². The number of aryl methyl sites for hydroxylation is 1. The van der Waals surface area contributed by atoms with Gasteiger partial charge in [0, 0.05) is 23.3 Å². The van der Waals surface area contributed by atoms with E-state index < -0.39 is 0 Å². The van der Waals surface area contributed by atoms with Crippen molar-refractivity contribution in [2.45, 2.75) is 20.8 Å². The van der Waals surface area contributed by atoms with Crippen LogP contribution in [0.2, 0.25) is 0 Å². The molecule has 0 bridgehead atoms. The summed E-state index contributed by atoms with van der Waals surface area (Å²) in [6.07, 6.45) is 0. The van der Waals surface area contributed by atoms with Gasteiger partial charge in [-0.15, -0.1) is 0 Å². The second kappa shape index (κ2) is 6.92. The third kappa shape index (κ3) is 4.99. The molecule has 0 saturated heterocycles. The molecule has 0 saturated carbocycles. The van der Waals surface area contributed by atoms with Gasteiger partial charge in [0.25, 0.3) is 0 Å². The smallest absolute Gasteiger partial charge is 0.0639 e. The molecule has 16 heavy (non-hydrogen) atoms. The van der Waals surface area contributed by atoms with Crippen molar-refractivity contribution in [3.05, 3.63) is 28.2 Å². The second-order valence-electron chi connectivity index (χ2n) is 4.35. The van der Waals surface area contributed by atoms with Crippen LogP contribution in [0.5, 0.6) is 0 Å². The summed E-state index contributed by atoms with van der Waals surface area (Å²) in [5.41, 5.74) is 2.43. The number of hydrogen-bond donors (Lipinski definition) is 1. The zero-order valence-corrected chi connectivity index (χ0v) is 11.8. The minimum atomic E-state index is 0.604. The average Bonchev–Trinajstić information content (AvgIpc) is 2.22. The summed E-state index contributed by atoms with van der Waals surface area (Å²) < 4.78 is 6.61. The molecule has 1 aromatic rings. The summed E-state index contributed by atoms with van der Waals surface area (Å²) in [7, 11) is 0. The van der Waals surface area contributed by atoms with Crippen LogP contribution < -0.4 is 5.32 Å². The van der Waals surface area contributed by atoms with Crippen molar-refractivity contribution in [3.8, 4) is 0 Å². The molecule has 2 nitrogen and oxygen atoms in total. The molecule has 0 aliphatic rings. The van der Waals surface area contributed by atoms with Crippen LogP contribution in [-0.2, 0) is 4.74 Å². The van der Waals surface area contributed by atoms with Gasteiger partial charge >= 0.3 is 0 Å². The second-order valence-corrected chi connectivity index (χ2v) is 5.27. The Kier molecular flexibility index (Phi) is 5.85. The predicted molar refractivity (Wildman–Crippen MR) is 73.0 cm³/mol. The van der Waals surface area contributed by atoms with Gasteiger partial charge in [-0.1, -0.05) is 35.8 Å².